The largest absolute Gasteiger partial charge is 0.416 e. The van der Waals surface area contributed by atoms with Gasteiger partial charge in [0.05, 0.1) is 17.7 Å². The van der Waals surface area contributed by atoms with E-state index >= 15 is 0 Å². The second-order valence-corrected chi connectivity index (χ2v) is 10.8. The summed E-state index contributed by atoms with van der Waals surface area (Å²) in [7, 11) is 0. The lowest BCUT2D eigenvalue weighted by Gasteiger charge is -2.38. The molecule has 38 heavy (non-hydrogen) atoms. The third-order valence-corrected chi connectivity index (χ3v) is 8.29. The Labute approximate surface area is 223 Å². The van der Waals surface area contributed by atoms with Crippen molar-refractivity contribution in [2.24, 2.45) is 0 Å². The minimum atomic E-state index is -4.49. The smallest absolute Gasteiger partial charge is 0.376 e. The van der Waals surface area contributed by atoms with Crippen molar-refractivity contribution < 1.29 is 27.5 Å². The predicted octanol–water partition coefficient (Wildman–Crippen LogP) is 5.87. The maximum Gasteiger partial charge on any atom is 0.416 e. The number of thiophene rings is 1. The Morgan fingerprint density at radius 3 is 2.53 bits per heavy atom. The number of nitrogens with zero attached hydrogens (tertiary/aromatic N) is 2. The number of carbonyl (C=O) groups excluding carboxylic acids is 2. The Hall–Kier alpha value is -3.17. The van der Waals surface area contributed by atoms with Crippen LogP contribution in [0, 0.1) is 6.92 Å². The molecule has 2 aliphatic rings. The number of amides is 2. The zero-order valence-corrected chi connectivity index (χ0v) is 21.9. The fourth-order valence-electron chi connectivity index (χ4n) is 5.31. The SMILES string of the molecule is Cc1ccccc1C1c2ccsc2CCN1C(=O)CN(CC1CCCO1)C(=O)c1ccc(C(F)(F)F)cc1. The fraction of sp³-hybridized carbons (Fsp3) is 0.379. The third kappa shape index (κ3) is 5.49. The van der Waals surface area contributed by atoms with Crippen molar-refractivity contribution in [2.75, 3.05) is 26.2 Å². The Morgan fingerprint density at radius 1 is 1.08 bits per heavy atom. The van der Waals surface area contributed by atoms with Crippen LogP contribution in [0.5, 0.6) is 0 Å². The van der Waals surface area contributed by atoms with E-state index in [1.54, 1.807) is 11.3 Å². The Kier molecular flexibility index (Phi) is 7.59. The molecule has 2 amide bonds. The van der Waals surface area contributed by atoms with Gasteiger partial charge in [0.15, 0.2) is 0 Å². The summed E-state index contributed by atoms with van der Waals surface area (Å²) in [4.78, 5) is 31.9. The van der Waals surface area contributed by atoms with Gasteiger partial charge in [0, 0.05) is 30.1 Å². The van der Waals surface area contributed by atoms with Gasteiger partial charge in [0.25, 0.3) is 5.91 Å². The number of halogens is 3. The molecule has 0 saturated carbocycles. The van der Waals surface area contributed by atoms with Crippen LogP contribution in [0.3, 0.4) is 0 Å². The van der Waals surface area contributed by atoms with E-state index in [2.05, 4.69) is 6.07 Å². The van der Waals surface area contributed by atoms with Crippen molar-refractivity contribution in [1.82, 2.24) is 9.80 Å². The van der Waals surface area contributed by atoms with E-state index in [1.165, 1.54) is 21.9 Å². The molecule has 0 spiro atoms. The number of rotatable bonds is 6. The Balaban J connectivity index is 1.42. The minimum Gasteiger partial charge on any atom is -0.376 e. The van der Waals surface area contributed by atoms with Crippen LogP contribution in [0.15, 0.2) is 60.0 Å². The van der Waals surface area contributed by atoms with Crippen molar-refractivity contribution in [1.29, 1.82) is 0 Å². The average Bonchev–Trinajstić information content (AvgIpc) is 3.59. The van der Waals surface area contributed by atoms with Crippen LogP contribution in [-0.4, -0.2) is 54.0 Å². The van der Waals surface area contributed by atoms with Gasteiger partial charge in [-0.3, -0.25) is 9.59 Å². The first kappa shape index (κ1) is 26.4. The van der Waals surface area contributed by atoms with Crippen LogP contribution < -0.4 is 0 Å². The molecule has 2 unspecified atom stereocenters. The van der Waals surface area contributed by atoms with Gasteiger partial charge in [0.1, 0.15) is 6.54 Å². The van der Waals surface area contributed by atoms with Crippen molar-refractivity contribution in [3.05, 3.63) is 92.7 Å². The number of alkyl halides is 3. The number of fused-ring (bicyclic) bond motifs is 1. The van der Waals surface area contributed by atoms with Crippen molar-refractivity contribution in [3.63, 3.8) is 0 Å². The molecule has 5 nitrogen and oxygen atoms in total. The van der Waals surface area contributed by atoms with E-state index in [4.69, 9.17) is 4.74 Å². The molecule has 3 heterocycles. The van der Waals surface area contributed by atoms with Gasteiger partial charge in [-0.25, -0.2) is 0 Å². The van der Waals surface area contributed by atoms with Gasteiger partial charge in [-0.1, -0.05) is 24.3 Å². The number of hydrogen-bond acceptors (Lipinski definition) is 4. The highest BCUT2D eigenvalue weighted by atomic mass is 32.1. The lowest BCUT2D eigenvalue weighted by atomic mass is 9.90. The molecule has 1 saturated heterocycles. The van der Waals surface area contributed by atoms with Crippen LogP contribution in [0.2, 0.25) is 0 Å². The molecule has 5 rings (SSSR count). The van der Waals surface area contributed by atoms with Gasteiger partial charge in [-0.15, -0.1) is 11.3 Å². The molecule has 9 heteroatoms. The van der Waals surface area contributed by atoms with Gasteiger partial charge >= 0.3 is 6.18 Å². The molecule has 0 radical (unpaired) electrons. The van der Waals surface area contributed by atoms with E-state index in [0.29, 0.717) is 13.2 Å². The van der Waals surface area contributed by atoms with Crippen LogP contribution in [0.25, 0.3) is 0 Å². The molecular formula is C29H29F3N2O3S. The monoisotopic (exact) mass is 542 g/mol. The molecule has 2 aliphatic heterocycles. The number of carbonyl (C=O) groups is 2. The molecule has 3 aromatic rings. The van der Waals surface area contributed by atoms with Crippen molar-refractivity contribution in [2.45, 2.75) is 44.5 Å². The predicted molar refractivity (Wildman–Crippen MR) is 139 cm³/mol. The van der Waals surface area contributed by atoms with E-state index in [9.17, 15) is 22.8 Å². The second-order valence-electron chi connectivity index (χ2n) is 9.79. The normalized spacial score (nSPS) is 19.3. The summed E-state index contributed by atoms with van der Waals surface area (Å²) >= 11 is 1.68. The van der Waals surface area contributed by atoms with Crippen LogP contribution in [0.1, 0.15) is 56.4 Å². The number of aryl methyl sites for hydroxylation is 1. The number of ether oxygens (including phenoxy) is 1. The van der Waals surface area contributed by atoms with Gasteiger partial charge in [0.2, 0.25) is 5.91 Å². The lowest BCUT2D eigenvalue weighted by molar-refractivity contribution is -0.137. The van der Waals surface area contributed by atoms with Gasteiger partial charge in [-0.2, -0.15) is 13.2 Å². The molecule has 1 aromatic heterocycles. The first-order chi connectivity index (χ1) is 18.2. The van der Waals surface area contributed by atoms with Gasteiger partial charge in [-0.05, 0) is 78.6 Å². The molecular weight excluding hydrogens is 513 g/mol. The number of benzene rings is 2. The van der Waals surface area contributed by atoms with Gasteiger partial charge < -0.3 is 14.5 Å². The molecule has 2 aromatic carbocycles. The maximum absolute atomic E-state index is 13.9. The highest BCUT2D eigenvalue weighted by molar-refractivity contribution is 7.10. The van der Waals surface area contributed by atoms with E-state index in [-0.39, 0.29) is 36.7 Å². The fourth-order valence-corrected chi connectivity index (χ4v) is 6.21. The van der Waals surface area contributed by atoms with E-state index < -0.39 is 17.6 Å². The van der Waals surface area contributed by atoms with Crippen molar-refractivity contribution >= 4 is 23.2 Å². The molecule has 200 valence electrons. The summed E-state index contributed by atoms with van der Waals surface area (Å²) < 4.78 is 44.9. The topological polar surface area (TPSA) is 49.9 Å². The Bertz CT molecular complexity index is 1300. The molecule has 0 aliphatic carbocycles. The third-order valence-electron chi connectivity index (χ3n) is 7.29. The quantitative estimate of drug-likeness (QED) is 0.392. The lowest BCUT2D eigenvalue weighted by Crippen LogP contribution is -2.48. The summed E-state index contributed by atoms with van der Waals surface area (Å²) in [5, 5.41) is 2.04. The minimum absolute atomic E-state index is 0.109. The van der Waals surface area contributed by atoms with Crippen LogP contribution in [0.4, 0.5) is 13.2 Å². The zero-order valence-electron chi connectivity index (χ0n) is 21.0. The molecule has 2 atom stereocenters. The second kappa shape index (κ2) is 10.9. The van der Waals surface area contributed by atoms with E-state index in [1.807, 2.05) is 41.5 Å². The van der Waals surface area contributed by atoms with Crippen molar-refractivity contribution in [3.8, 4) is 0 Å². The van der Waals surface area contributed by atoms with Crippen LogP contribution in [-0.2, 0) is 22.1 Å². The summed E-state index contributed by atoms with van der Waals surface area (Å²) in [5.41, 5.74) is 2.50. The zero-order chi connectivity index (χ0) is 26.9. The highest BCUT2D eigenvalue weighted by Crippen LogP contribution is 2.39. The Morgan fingerprint density at radius 2 is 1.84 bits per heavy atom. The summed E-state index contributed by atoms with van der Waals surface area (Å²) in [6.07, 6.45) is -2.34. The molecule has 1 fully saturated rings. The van der Waals surface area contributed by atoms with E-state index in [0.717, 1.165) is 48.1 Å². The maximum atomic E-state index is 13.9. The molecule has 0 N–H and O–H groups in total. The number of hydrogen-bond donors (Lipinski definition) is 0. The summed E-state index contributed by atoms with van der Waals surface area (Å²) in [6, 6.07) is 13.9. The molecule has 0 bridgehead atoms. The highest BCUT2D eigenvalue weighted by Gasteiger charge is 2.36. The van der Waals surface area contributed by atoms with Crippen LogP contribution >= 0.6 is 11.3 Å². The first-order valence-electron chi connectivity index (χ1n) is 12.7. The first-order valence-corrected chi connectivity index (χ1v) is 13.6. The average molecular weight is 543 g/mol. The summed E-state index contributed by atoms with van der Waals surface area (Å²) in [6.45, 7) is 3.16. The summed E-state index contributed by atoms with van der Waals surface area (Å²) in [5.74, 6) is -0.684. The standard InChI is InChI=1S/C29H29F3N2O3S/c1-19-5-2-3-7-23(19)27-24-13-16-38-25(24)12-14-34(27)26(35)18-33(17-22-6-4-15-37-22)28(36)20-8-10-21(11-9-20)29(30,31)32/h2-3,5,7-11,13,16,22,27H,4,6,12,14-15,17-18H2,1H3.